The molecule has 0 spiro atoms. The van der Waals surface area contributed by atoms with E-state index in [0.717, 1.165) is 31.1 Å². The second kappa shape index (κ2) is 7.21. The highest BCUT2D eigenvalue weighted by Gasteiger charge is 2.22. The monoisotopic (exact) mass is 293 g/mol. The van der Waals surface area contributed by atoms with Gasteiger partial charge in [0, 0.05) is 51.6 Å². The van der Waals surface area contributed by atoms with Gasteiger partial charge in [-0.2, -0.15) is 4.98 Å². The van der Waals surface area contributed by atoms with Crippen LogP contribution in [0.4, 0.5) is 11.8 Å². The quantitative estimate of drug-likeness (QED) is 0.853. The van der Waals surface area contributed by atoms with Crippen LogP contribution >= 0.6 is 0 Å². The molecule has 7 nitrogen and oxygen atoms in total. The number of hydrogen-bond acceptors (Lipinski definition) is 6. The summed E-state index contributed by atoms with van der Waals surface area (Å²) in [6.07, 6.45) is 0. The number of aromatic nitrogens is 2. The molecule has 7 heteroatoms. The molecule has 1 aliphatic rings. The fraction of sp³-hybridized carbons (Fsp3) is 0.643. The van der Waals surface area contributed by atoms with Gasteiger partial charge in [-0.25, -0.2) is 4.98 Å². The number of amides is 1. The molecule has 1 aliphatic heterocycles. The molecular weight excluding hydrogens is 270 g/mol. The zero-order valence-corrected chi connectivity index (χ0v) is 12.9. The Morgan fingerprint density at radius 1 is 1.33 bits per heavy atom. The summed E-state index contributed by atoms with van der Waals surface area (Å²) in [5, 5.41) is 3.14. The van der Waals surface area contributed by atoms with E-state index in [4.69, 9.17) is 4.74 Å². The molecule has 21 heavy (non-hydrogen) atoms. The number of nitrogens with zero attached hydrogens (tertiary/aromatic N) is 4. The van der Waals surface area contributed by atoms with Crippen molar-refractivity contribution in [2.75, 3.05) is 56.7 Å². The van der Waals surface area contributed by atoms with Crippen LogP contribution < -0.4 is 10.2 Å². The van der Waals surface area contributed by atoms with E-state index in [0.29, 0.717) is 19.0 Å². The van der Waals surface area contributed by atoms with E-state index in [2.05, 4.69) is 20.2 Å². The largest absolute Gasteiger partial charge is 0.375 e. The molecule has 116 valence electrons. The lowest BCUT2D eigenvalue weighted by atomic mass is 10.3. The van der Waals surface area contributed by atoms with Crippen LogP contribution in [-0.4, -0.2) is 67.2 Å². The molecule has 2 rings (SSSR count). The van der Waals surface area contributed by atoms with E-state index >= 15 is 0 Å². The lowest BCUT2D eigenvalue weighted by molar-refractivity contribution is -0.135. The number of rotatable bonds is 5. The van der Waals surface area contributed by atoms with Crippen LogP contribution in [0.15, 0.2) is 6.07 Å². The predicted octanol–water partition coefficient (Wildman–Crippen LogP) is 0.512. The van der Waals surface area contributed by atoms with Crippen molar-refractivity contribution in [2.24, 2.45) is 0 Å². The summed E-state index contributed by atoms with van der Waals surface area (Å²) < 4.78 is 4.89. The van der Waals surface area contributed by atoms with Crippen LogP contribution in [0.1, 0.15) is 12.6 Å². The minimum atomic E-state index is 0.0457. The fourth-order valence-electron chi connectivity index (χ4n) is 2.35. The third-order valence-corrected chi connectivity index (χ3v) is 3.40. The van der Waals surface area contributed by atoms with Crippen LogP contribution in [0.5, 0.6) is 0 Å². The number of piperazine rings is 1. The Morgan fingerprint density at radius 2 is 2.05 bits per heavy atom. The summed E-state index contributed by atoms with van der Waals surface area (Å²) in [5.41, 5.74) is 0.939. The highest BCUT2D eigenvalue weighted by molar-refractivity contribution is 5.77. The molecule has 0 atom stereocenters. The Labute approximate surface area is 125 Å². The Morgan fingerprint density at radius 3 is 2.67 bits per heavy atom. The summed E-state index contributed by atoms with van der Waals surface area (Å²) in [4.78, 5) is 24.7. The summed E-state index contributed by atoms with van der Waals surface area (Å²) in [5.74, 6) is 1.62. The van der Waals surface area contributed by atoms with Gasteiger partial charge in [0.05, 0.1) is 0 Å². The average Bonchev–Trinajstić information content (AvgIpc) is 2.47. The maximum absolute atomic E-state index is 11.8. The standard InChI is InChI=1S/C14H23N5O2/c1-4-15-14-16-11(2)9-12(17-14)18-5-7-19(8-6-18)13(20)10-21-3/h9H,4-8,10H2,1-3H3,(H,15,16,17). The number of aryl methyl sites for hydroxylation is 1. The Kier molecular flexibility index (Phi) is 5.32. The van der Waals surface area contributed by atoms with E-state index in [1.807, 2.05) is 24.8 Å². The summed E-state index contributed by atoms with van der Waals surface area (Å²) in [6, 6.07) is 1.98. The van der Waals surface area contributed by atoms with Crippen molar-refractivity contribution in [3.8, 4) is 0 Å². The first kappa shape index (κ1) is 15.5. The lowest BCUT2D eigenvalue weighted by Gasteiger charge is -2.35. The van der Waals surface area contributed by atoms with E-state index in [9.17, 15) is 4.79 Å². The second-order valence-electron chi connectivity index (χ2n) is 5.02. The van der Waals surface area contributed by atoms with Crippen LogP contribution in [-0.2, 0) is 9.53 Å². The molecule has 0 unspecified atom stereocenters. The van der Waals surface area contributed by atoms with Crippen molar-refractivity contribution in [3.63, 3.8) is 0 Å². The second-order valence-corrected chi connectivity index (χ2v) is 5.02. The molecule has 0 aliphatic carbocycles. The Bertz CT molecular complexity index is 486. The molecular formula is C14H23N5O2. The molecule has 1 amide bonds. The van der Waals surface area contributed by atoms with Crippen molar-refractivity contribution in [1.82, 2.24) is 14.9 Å². The highest BCUT2D eigenvalue weighted by Crippen LogP contribution is 2.17. The SMILES string of the molecule is CCNc1nc(C)cc(N2CCN(C(=O)COC)CC2)n1. The number of ether oxygens (including phenoxy) is 1. The summed E-state index contributed by atoms with van der Waals surface area (Å²) in [6.45, 7) is 7.87. The first-order valence-electron chi connectivity index (χ1n) is 7.25. The molecule has 0 bridgehead atoms. The van der Waals surface area contributed by atoms with Gasteiger partial charge >= 0.3 is 0 Å². The van der Waals surface area contributed by atoms with Crippen LogP contribution in [0, 0.1) is 6.92 Å². The van der Waals surface area contributed by atoms with Crippen LogP contribution in [0.25, 0.3) is 0 Å². The van der Waals surface area contributed by atoms with Crippen LogP contribution in [0.3, 0.4) is 0 Å². The van der Waals surface area contributed by atoms with Gasteiger partial charge in [-0.3, -0.25) is 4.79 Å². The summed E-state index contributed by atoms with van der Waals surface area (Å²) >= 11 is 0. The van der Waals surface area contributed by atoms with Gasteiger partial charge in [0.25, 0.3) is 0 Å². The highest BCUT2D eigenvalue weighted by atomic mass is 16.5. The molecule has 1 aromatic rings. The number of anilines is 2. The van der Waals surface area contributed by atoms with Crippen molar-refractivity contribution in [2.45, 2.75) is 13.8 Å². The molecule has 0 aromatic carbocycles. The van der Waals surface area contributed by atoms with Gasteiger partial charge < -0.3 is 19.9 Å². The van der Waals surface area contributed by atoms with Crippen molar-refractivity contribution in [3.05, 3.63) is 11.8 Å². The van der Waals surface area contributed by atoms with Crippen molar-refractivity contribution >= 4 is 17.7 Å². The molecule has 1 aromatic heterocycles. The normalized spacial score (nSPS) is 15.2. The first-order valence-corrected chi connectivity index (χ1v) is 7.25. The van der Waals surface area contributed by atoms with E-state index in [1.54, 1.807) is 7.11 Å². The molecule has 2 heterocycles. The Balaban J connectivity index is 2.00. The van der Waals surface area contributed by atoms with Crippen molar-refractivity contribution in [1.29, 1.82) is 0 Å². The van der Waals surface area contributed by atoms with Gasteiger partial charge in [-0.05, 0) is 13.8 Å². The lowest BCUT2D eigenvalue weighted by Crippen LogP contribution is -2.50. The van der Waals surface area contributed by atoms with Crippen molar-refractivity contribution < 1.29 is 9.53 Å². The summed E-state index contributed by atoms with van der Waals surface area (Å²) in [7, 11) is 1.54. The number of nitrogens with one attached hydrogen (secondary N) is 1. The smallest absolute Gasteiger partial charge is 0.248 e. The zero-order valence-electron chi connectivity index (χ0n) is 12.9. The molecule has 1 fully saturated rings. The zero-order chi connectivity index (χ0) is 15.2. The number of hydrogen-bond donors (Lipinski definition) is 1. The Hall–Kier alpha value is -1.89. The third kappa shape index (κ3) is 4.04. The molecule has 1 N–H and O–H groups in total. The molecule has 1 saturated heterocycles. The number of carbonyl (C=O) groups excluding carboxylic acids is 1. The maximum atomic E-state index is 11.8. The minimum absolute atomic E-state index is 0.0457. The molecule has 0 radical (unpaired) electrons. The predicted molar refractivity (Wildman–Crippen MR) is 81.6 cm³/mol. The van der Waals surface area contributed by atoms with E-state index in [-0.39, 0.29) is 12.5 Å². The maximum Gasteiger partial charge on any atom is 0.248 e. The number of carbonyl (C=O) groups is 1. The van der Waals surface area contributed by atoms with Gasteiger partial charge in [-0.1, -0.05) is 0 Å². The third-order valence-electron chi connectivity index (χ3n) is 3.40. The van der Waals surface area contributed by atoms with Gasteiger partial charge in [0.2, 0.25) is 11.9 Å². The van der Waals surface area contributed by atoms with Gasteiger partial charge in [0.15, 0.2) is 0 Å². The van der Waals surface area contributed by atoms with Gasteiger partial charge in [0.1, 0.15) is 12.4 Å². The van der Waals surface area contributed by atoms with Gasteiger partial charge in [-0.15, -0.1) is 0 Å². The average molecular weight is 293 g/mol. The topological polar surface area (TPSA) is 70.6 Å². The fourth-order valence-corrected chi connectivity index (χ4v) is 2.35. The first-order chi connectivity index (χ1) is 10.1. The van der Waals surface area contributed by atoms with E-state index < -0.39 is 0 Å². The molecule has 0 saturated carbocycles. The number of methoxy groups -OCH3 is 1. The van der Waals surface area contributed by atoms with E-state index in [1.165, 1.54) is 0 Å². The minimum Gasteiger partial charge on any atom is -0.375 e. The van der Waals surface area contributed by atoms with Crippen LogP contribution in [0.2, 0.25) is 0 Å².